The quantitative estimate of drug-likeness (QED) is 0.872. The molecule has 1 N–H and O–H groups in total. The first-order valence-electron chi connectivity index (χ1n) is 6.26. The van der Waals surface area contributed by atoms with Crippen molar-refractivity contribution in [3.63, 3.8) is 0 Å². The Morgan fingerprint density at radius 2 is 1.72 bits per heavy atom. The van der Waals surface area contributed by atoms with Gasteiger partial charge >= 0.3 is 0 Å². The summed E-state index contributed by atoms with van der Waals surface area (Å²) in [6, 6.07) is 7.69. The van der Waals surface area contributed by atoms with E-state index in [4.69, 9.17) is 5.11 Å². The van der Waals surface area contributed by atoms with Gasteiger partial charge in [0.25, 0.3) is 0 Å². The van der Waals surface area contributed by atoms with Crippen LogP contribution in [0.5, 0.6) is 0 Å². The van der Waals surface area contributed by atoms with Crippen LogP contribution in [0.15, 0.2) is 24.3 Å². The Kier molecular flexibility index (Phi) is 4.24. The topological polar surface area (TPSA) is 57.6 Å². The Bertz CT molecular complexity index is 475. The second-order valence-corrected chi connectivity index (χ2v) is 6.86. The van der Waals surface area contributed by atoms with Gasteiger partial charge in [-0.3, -0.25) is 0 Å². The molecule has 100 valence electrons. The summed E-state index contributed by atoms with van der Waals surface area (Å²) in [7, 11) is -3.18. The molecule has 1 aromatic rings. The zero-order valence-corrected chi connectivity index (χ0v) is 11.2. The SMILES string of the molecule is O=S(=O)(CCO)Cc1ccc(N2CCCC2)cc1. The summed E-state index contributed by atoms with van der Waals surface area (Å²) < 4.78 is 23.1. The average molecular weight is 269 g/mol. The van der Waals surface area contributed by atoms with Gasteiger partial charge in [-0.1, -0.05) is 12.1 Å². The summed E-state index contributed by atoms with van der Waals surface area (Å²) in [5.41, 5.74) is 1.95. The molecule has 0 spiro atoms. The highest BCUT2D eigenvalue weighted by Gasteiger charge is 2.14. The monoisotopic (exact) mass is 269 g/mol. The largest absolute Gasteiger partial charge is 0.395 e. The lowest BCUT2D eigenvalue weighted by atomic mass is 10.2. The maximum atomic E-state index is 11.6. The molecule has 0 aromatic heterocycles. The molecule has 1 aliphatic rings. The van der Waals surface area contributed by atoms with Gasteiger partial charge in [-0.15, -0.1) is 0 Å². The summed E-state index contributed by atoms with van der Waals surface area (Å²) in [4.78, 5) is 2.31. The number of hydrogen-bond acceptors (Lipinski definition) is 4. The fraction of sp³-hybridized carbons (Fsp3) is 0.538. The van der Waals surface area contributed by atoms with E-state index in [2.05, 4.69) is 4.90 Å². The van der Waals surface area contributed by atoms with Crippen LogP contribution in [0.1, 0.15) is 18.4 Å². The third-order valence-corrected chi connectivity index (χ3v) is 4.77. The Labute approximate surface area is 108 Å². The molecule has 0 atom stereocenters. The Balaban J connectivity index is 2.03. The molecule has 0 radical (unpaired) electrons. The molecule has 0 unspecified atom stereocenters. The molecule has 0 bridgehead atoms. The molecule has 1 saturated heterocycles. The van der Waals surface area contributed by atoms with Crippen LogP contribution in [-0.2, 0) is 15.6 Å². The molecule has 0 aliphatic carbocycles. The predicted octanol–water partition coefficient (Wildman–Crippen LogP) is 1.19. The molecule has 1 fully saturated rings. The van der Waals surface area contributed by atoms with E-state index < -0.39 is 9.84 Å². The standard InChI is InChI=1S/C13H19NO3S/c15-9-10-18(16,17)11-12-3-5-13(6-4-12)14-7-1-2-8-14/h3-6,15H,1-2,7-11H2. The first-order chi connectivity index (χ1) is 8.61. The average Bonchev–Trinajstić information content (AvgIpc) is 2.82. The van der Waals surface area contributed by atoms with Crippen molar-refractivity contribution in [1.29, 1.82) is 0 Å². The smallest absolute Gasteiger partial charge is 0.156 e. The van der Waals surface area contributed by atoms with Crippen molar-refractivity contribution in [2.24, 2.45) is 0 Å². The molecule has 1 aliphatic heterocycles. The highest BCUT2D eigenvalue weighted by atomic mass is 32.2. The minimum absolute atomic E-state index is 0.00778. The number of benzene rings is 1. The molecular weight excluding hydrogens is 250 g/mol. The molecule has 1 heterocycles. The minimum atomic E-state index is -3.18. The van der Waals surface area contributed by atoms with Crippen molar-refractivity contribution in [2.75, 3.05) is 30.3 Å². The van der Waals surface area contributed by atoms with Crippen LogP contribution >= 0.6 is 0 Å². The van der Waals surface area contributed by atoms with E-state index in [0.29, 0.717) is 0 Å². The van der Waals surface area contributed by atoms with Crippen molar-refractivity contribution in [3.8, 4) is 0 Å². The number of nitrogens with zero attached hydrogens (tertiary/aromatic N) is 1. The van der Waals surface area contributed by atoms with Crippen molar-refractivity contribution in [1.82, 2.24) is 0 Å². The van der Waals surface area contributed by atoms with Gasteiger partial charge in [-0.05, 0) is 30.5 Å². The van der Waals surface area contributed by atoms with E-state index in [1.807, 2.05) is 24.3 Å². The second kappa shape index (κ2) is 5.71. The van der Waals surface area contributed by atoms with Crippen molar-refractivity contribution in [2.45, 2.75) is 18.6 Å². The molecule has 0 amide bonds. The van der Waals surface area contributed by atoms with Gasteiger partial charge in [0.05, 0.1) is 18.1 Å². The van der Waals surface area contributed by atoms with Crippen LogP contribution in [0.3, 0.4) is 0 Å². The second-order valence-electron chi connectivity index (χ2n) is 4.68. The van der Waals surface area contributed by atoms with Gasteiger partial charge < -0.3 is 10.0 Å². The first kappa shape index (κ1) is 13.4. The summed E-state index contributed by atoms with van der Waals surface area (Å²) in [5.74, 6) is -0.158. The fourth-order valence-corrected chi connectivity index (χ4v) is 3.37. The maximum Gasteiger partial charge on any atom is 0.156 e. The van der Waals surface area contributed by atoms with E-state index in [-0.39, 0.29) is 18.1 Å². The number of sulfone groups is 1. The van der Waals surface area contributed by atoms with Gasteiger partial charge in [0.2, 0.25) is 0 Å². The van der Waals surface area contributed by atoms with Gasteiger partial charge in [-0.25, -0.2) is 8.42 Å². The number of rotatable bonds is 5. The van der Waals surface area contributed by atoms with E-state index in [9.17, 15) is 8.42 Å². The summed E-state index contributed by atoms with van der Waals surface area (Å²) in [6.07, 6.45) is 2.46. The Morgan fingerprint density at radius 1 is 1.11 bits per heavy atom. The van der Waals surface area contributed by atoms with Crippen molar-refractivity contribution < 1.29 is 13.5 Å². The fourth-order valence-electron chi connectivity index (χ4n) is 2.24. The van der Waals surface area contributed by atoms with Gasteiger partial charge in [0, 0.05) is 18.8 Å². The predicted molar refractivity (Wildman–Crippen MR) is 72.5 cm³/mol. The molecule has 2 rings (SSSR count). The summed E-state index contributed by atoms with van der Waals surface area (Å²) in [6.45, 7) is 1.86. The van der Waals surface area contributed by atoms with Gasteiger partial charge in [0.15, 0.2) is 9.84 Å². The highest BCUT2D eigenvalue weighted by molar-refractivity contribution is 7.90. The number of aliphatic hydroxyl groups excluding tert-OH is 1. The molecule has 1 aromatic carbocycles. The van der Waals surface area contributed by atoms with Crippen LogP contribution in [0.4, 0.5) is 5.69 Å². The van der Waals surface area contributed by atoms with Crippen LogP contribution in [0.25, 0.3) is 0 Å². The van der Waals surface area contributed by atoms with Gasteiger partial charge in [-0.2, -0.15) is 0 Å². The van der Waals surface area contributed by atoms with Crippen molar-refractivity contribution >= 4 is 15.5 Å². The third-order valence-electron chi connectivity index (χ3n) is 3.20. The van der Waals surface area contributed by atoms with Crippen LogP contribution in [-0.4, -0.2) is 39.0 Å². The number of anilines is 1. The normalized spacial score (nSPS) is 16.2. The van der Waals surface area contributed by atoms with E-state index in [0.717, 1.165) is 24.3 Å². The van der Waals surface area contributed by atoms with E-state index in [1.54, 1.807) is 0 Å². The molecule has 18 heavy (non-hydrogen) atoms. The van der Waals surface area contributed by atoms with Crippen molar-refractivity contribution in [3.05, 3.63) is 29.8 Å². The Hall–Kier alpha value is -1.07. The van der Waals surface area contributed by atoms with Crippen LogP contribution in [0, 0.1) is 0 Å². The molecular formula is C13H19NO3S. The molecule has 4 nitrogen and oxygen atoms in total. The van der Waals surface area contributed by atoms with Gasteiger partial charge in [0.1, 0.15) is 0 Å². The Morgan fingerprint density at radius 3 is 2.28 bits per heavy atom. The zero-order chi connectivity index (χ0) is 13.0. The lowest BCUT2D eigenvalue weighted by Gasteiger charge is -2.17. The van der Waals surface area contributed by atoms with E-state index >= 15 is 0 Å². The number of aliphatic hydroxyl groups is 1. The maximum absolute atomic E-state index is 11.6. The van der Waals surface area contributed by atoms with Crippen LogP contribution in [0.2, 0.25) is 0 Å². The number of hydrogen-bond donors (Lipinski definition) is 1. The summed E-state index contributed by atoms with van der Waals surface area (Å²) >= 11 is 0. The highest BCUT2D eigenvalue weighted by Crippen LogP contribution is 2.21. The summed E-state index contributed by atoms with van der Waals surface area (Å²) in [5, 5.41) is 8.68. The molecule has 5 heteroatoms. The third kappa shape index (κ3) is 3.46. The zero-order valence-electron chi connectivity index (χ0n) is 10.4. The van der Waals surface area contributed by atoms with Crippen LogP contribution < -0.4 is 4.90 Å². The minimum Gasteiger partial charge on any atom is -0.395 e. The molecule has 0 saturated carbocycles. The lowest BCUT2D eigenvalue weighted by Crippen LogP contribution is -2.17. The first-order valence-corrected chi connectivity index (χ1v) is 8.08. The van der Waals surface area contributed by atoms with E-state index in [1.165, 1.54) is 12.8 Å². The lowest BCUT2D eigenvalue weighted by molar-refractivity contribution is 0.319.